The van der Waals surface area contributed by atoms with Crippen LogP contribution in [0.25, 0.3) is 0 Å². The van der Waals surface area contributed by atoms with E-state index < -0.39 is 0 Å². The molecule has 1 fully saturated rings. The van der Waals surface area contributed by atoms with Gasteiger partial charge in [0, 0.05) is 28.7 Å². The fourth-order valence-electron chi connectivity index (χ4n) is 2.53. The zero-order valence-electron chi connectivity index (χ0n) is 13.4. The van der Waals surface area contributed by atoms with Gasteiger partial charge in [0.25, 0.3) is 0 Å². The monoisotopic (exact) mass is 367 g/mol. The number of rotatable bonds is 2. The molecule has 0 radical (unpaired) electrons. The zero-order chi connectivity index (χ0) is 16.5. The van der Waals surface area contributed by atoms with Gasteiger partial charge in [-0.25, -0.2) is 4.79 Å². The van der Waals surface area contributed by atoms with Crippen LogP contribution in [0.2, 0.25) is 0 Å². The third kappa shape index (κ3) is 4.00. The third-order valence-electron chi connectivity index (χ3n) is 3.69. The molecule has 1 unspecified atom stereocenters. The Morgan fingerprint density at radius 2 is 2.05 bits per heavy atom. The van der Waals surface area contributed by atoms with E-state index in [2.05, 4.69) is 26.6 Å². The molecular formula is C16H22BrN3O2. The summed E-state index contributed by atoms with van der Waals surface area (Å²) in [4.78, 5) is 25.9. The van der Waals surface area contributed by atoms with Crippen molar-refractivity contribution >= 4 is 33.6 Å². The molecule has 1 aromatic rings. The molecule has 0 aliphatic carbocycles. The van der Waals surface area contributed by atoms with Gasteiger partial charge in [0.2, 0.25) is 5.91 Å². The lowest BCUT2D eigenvalue weighted by molar-refractivity contribution is -0.131. The third-order valence-corrected chi connectivity index (χ3v) is 4.58. The molecule has 5 nitrogen and oxygen atoms in total. The number of likely N-dealkylation sites (tertiary alicyclic amines) is 1. The van der Waals surface area contributed by atoms with Crippen LogP contribution in [0, 0.1) is 6.92 Å². The summed E-state index contributed by atoms with van der Waals surface area (Å²) in [5.74, 6) is 0.0808. The Morgan fingerprint density at radius 1 is 1.36 bits per heavy atom. The molecule has 2 rings (SSSR count). The number of hydrogen-bond acceptors (Lipinski definition) is 2. The van der Waals surface area contributed by atoms with Gasteiger partial charge in [-0.3, -0.25) is 4.79 Å². The van der Waals surface area contributed by atoms with Gasteiger partial charge in [0.1, 0.15) is 0 Å². The van der Waals surface area contributed by atoms with Crippen LogP contribution in [0.3, 0.4) is 0 Å². The average Bonchev–Trinajstić information content (AvgIpc) is 2.74. The summed E-state index contributed by atoms with van der Waals surface area (Å²) < 4.78 is 1.00. The van der Waals surface area contributed by atoms with Gasteiger partial charge >= 0.3 is 6.03 Å². The van der Waals surface area contributed by atoms with Crippen molar-refractivity contribution < 1.29 is 9.59 Å². The number of amides is 3. The van der Waals surface area contributed by atoms with Gasteiger partial charge in [-0.2, -0.15) is 0 Å². The van der Waals surface area contributed by atoms with Crippen LogP contribution in [-0.2, 0) is 4.79 Å². The summed E-state index contributed by atoms with van der Waals surface area (Å²) in [6.45, 7) is 8.51. The van der Waals surface area contributed by atoms with Crippen molar-refractivity contribution in [3.8, 4) is 0 Å². The number of hydrogen-bond donors (Lipinski definition) is 2. The van der Waals surface area contributed by atoms with E-state index in [9.17, 15) is 9.59 Å². The van der Waals surface area contributed by atoms with Gasteiger partial charge in [-0.15, -0.1) is 0 Å². The molecule has 0 bridgehead atoms. The molecule has 120 valence electrons. The molecule has 0 aromatic heterocycles. The molecule has 0 saturated carbocycles. The first-order valence-electron chi connectivity index (χ1n) is 7.31. The van der Waals surface area contributed by atoms with E-state index in [1.807, 2.05) is 50.8 Å². The van der Waals surface area contributed by atoms with E-state index in [1.54, 1.807) is 0 Å². The zero-order valence-corrected chi connectivity index (χ0v) is 15.0. The Balaban J connectivity index is 1.93. The molecule has 1 aliphatic rings. The molecule has 22 heavy (non-hydrogen) atoms. The van der Waals surface area contributed by atoms with Gasteiger partial charge in [-0.1, -0.05) is 15.9 Å². The summed E-state index contributed by atoms with van der Waals surface area (Å²) in [5.41, 5.74) is 1.57. The molecule has 1 saturated heterocycles. The molecule has 1 aliphatic heterocycles. The second kappa shape index (κ2) is 6.28. The Morgan fingerprint density at radius 3 is 2.59 bits per heavy atom. The van der Waals surface area contributed by atoms with Crippen molar-refractivity contribution in [2.24, 2.45) is 0 Å². The van der Waals surface area contributed by atoms with Gasteiger partial charge in [0.05, 0.1) is 6.04 Å². The number of benzene rings is 1. The van der Waals surface area contributed by atoms with E-state index in [4.69, 9.17) is 0 Å². The molecular weight excluding hydrogens is 346 g/mol. The first kappa shape index (κ1) is 16.8. The van der Waals surface area contributed by atoms with Crippen molar-refractivity contribution in [1.82, 2.24) is 10.2 Å². The lowest BCUT2D eigenvalue weighted by Crippen LogP contribution is -2.45. The maximum atomic E-state index is 12.1. The highest BCUT2D eigenvalue weighted by Crippen LogP contribution is 2.22. The minimum atomic E-state index is -0.282. The second-order valence-electron chi connectivity index (χ2n) is 6.64. The average molecular weight is 368 g/mol. The molecule has 0 spiro atoms. The summed E-state index contributed by atoms with van der Waals surface area (Å²) >= 11 is 3.43. The number of carbonyl (C=O) groups excluding carboxylic acids is 2. The molecule has 6 heteroatoms. The largest absolute Gasteiger partial charge is 0.336 e. The van der Waals surface area contributed by atoms with Gasteiger partial charge in [-0.05, 0) is 51.5 Å². The Labute approximate surface area is 139 Å². The highest BCUT2D eigenvalue weighted by molar-refractivity contribution is 9.10. The van der Waals surface area contributed by atoms with E-state index in [0.29, 0.717) is 13.0 Å². The van der Waals surface area contributed by atoms with Crippen molar-refractivity contribution in [3.05, 3.63) is 28.2 Å². The number of carbonyl (C=O) groups is 2. The lowest BCUT2D eigenvalue weighted by atomic mass is 10.1. The summed E-state index contributed by atoms with van der Waals surface area (Å²) in [7, 11) is 0. The highest BCUT2D eigenvalue weighted by atomic mass is 79.9. The fourth-order valence-corrected chi connectivity index (χ4v) is 2.77. The number of aryl methyl sites for hydroxylation is 1. The normalized spacial score (nSPS) is 18.5. The molecule has 3 amide bonds. The van der Waals surface area contributed by atoms with E-state index in [0.717, 1.165) is 15.7 Å². The first-order chi connectivity index (χ1) is 10.2. The van der Waals surface area contributed by atoms with Crippen LogP contribution in [0.1, 0.15) is 32.8 Å². The summed E-state index contributed by atoms with van der Waals surface area (Å²) in [6.07, 6.45) is 0.351. The quantitative estimate of drug-likeness (QED) is 0.842. The first-order valence-corrected chi connectivity index (χ1v) is 8.10. The standard InChI is InChI=1S/C16H22BrN3O2/c1-10-7-11(5-6-13(10)17)18-15(22)19-12-8-14(21)20(9-12)16(2,3)4/h5-7,12H,8-9H2,1-4H3,(H2,18,19,22). The van der Waals surface area contributed by atoms with Crippen molar-refractivity contribution in [1.29, 1.82) is 0 Å². The summed E-state index contributed by atoms with van der Waals surface area (Å²) in [6, 6.07) is 5.19. The van der Waals surface area contributed by atoms with E-state index >= 15 is 0 Å². The SMILES string of the molecule is Cc1cc(NC(=O)NC2CC(=O)N(C(C)(C)C)C2)ccc1Br. The molecule has 1 aromatic carbocycles. The van der Waals surface area contributed by atoms with Crippen molar-refractivity contribution in [2.45, 2.75) is 45.7 Å². The maximum Gasteiger partial charge on any atom is 0.319 e. The van der Waals surface area contributed by atoms with E-state index in [1.165, 1.54) is 0 Å². The van der Waals surface area contributed by atoms with E-state index in [-0.39, 0.29) is 23.5 Å². The van der Waals surface area contributed by atoms with Crippen LogP contribution >= 0.6 is 15.9 Å². The predicted molar refractivity (Wildman–Crippen MR) is 90.9 cm³/mol. The Kier molecular flexibility index (Phi) is 4.80. The number of urea groups is 1. The topological polar surface area (TPSA) is 61.4 Å². The van der Waals surface area contributed by atoms with Gasteiger partial charge < -0.3 is 15.5 Å². The number of nitrogens with one attached hydrogen (secondary N) is 2. The van der Waals surface area contributed by atoms with Crippen LogP contribution < -0.4 is 10.6 Å². The van der Waals surface area contributed by atoms with Gasteiger partial charge in [0.15, 0.2) is 0 Å². The maximum absolute atomic E-state index is 12.1. The van der Waals surface area contributed by atoms with Crippen molar-refractivity contribution in [2.75, 3.05) is 11.9 Å². The minimum Gasteiger partial charge on any atom is -0.336 e. The predicted octanol–water partition coefficient (Wildman–Crippen LogP) is 3.28. The Hall–Kier alpha value is -1.56. The fraction of sp³-hybridized carbons (Fsp3) is 0.500. The number of nitrogens with zero attached hydrogens (tertiary/aromatic N) is 1. The number of anilines is 1. The van der Waals surface area contributed by atoms with Crippen molar-refractivity contribution in [3.63, 3.8) is 0 Å². The lowest BCUT2D eigenvalue weighted by Gasteiger charge is -2.32. The highest BCUT2D eigenvalue weighted by Gasteiger charge is 2.36. The van der Waals surface area contributed by atoms with Crippen LogP contribution in [0.4, 0.5) is 10.5 Å². The Bertz CT molecular complexity index is 596. The number of halogens is 1. The molecule has 2 N–H and O–H groups in total. The van der Waals surface area contributed by atoms with Crippen LogP contribution in [0.5, 0.6) is 0 Å². The molecule has 1 atom stereocenters. The smallest absolute Gasteiger partial charge is 0.319 e. The molecule has 1 heterocycles. The minimum absolute atomic E-state index is 0.0808. The van der Waals surface area contributed by atoms with Crippen LogP contribution in [-0.4, -0.2) is 35.0 Å². The second-order valence-corrected chi connectivity index (χ2v) is 7.49. The van der Waals surface area contributed by atoms with Crippen LogP contribution in [0.15, 0.2) is 22.7 Å². The summed E-state index contributed by atoms with van der Waals surface area (Å²) in [5, 5.41) is 5.67.